The Balaban J connectivity index is 3.35. The van der Waals surface area contributed by atoms with E-state index in [9.17, 15) is 19.8 Å². The highest BCUT2D eigenvalue weighted by molar-refractivity contribution is 5.76. The van der Waals surface area contributed by atoms with E-state index in [1.807, 2.05) is 0 Å². The van der Waals surface area contributed by atoms with Crippen molar-refractivity contribution < 1.29 is 24.5 Å². The first kappa shape index (κ1) is 72.3. The van der Waals surface area contributed by atoms with Gasteiger partial charge >= 0.3 is 5.97 Å². The Kier molecular flexibility index (Phi) is 62.4. The van der Waals surface area contributed by atoms with E-state index in [2.05, 4.69) is 43.5 Å². The minimum atomic E-state index is -0.662. The fraction of sp³-hybridized carbons (Fsp3) is 0.912. The van der Waals surface area contributed by atoms with Gasteiger partial charge in [0.15, 0.2) is 0 Å². The van der Waals surface area contributed by atoms with Gasteiger partial charge in [-0.2, -0.15) is 0 Å². The maximum atomic E-state index is 12.5. The van der Waals surface area contributed by atoms with Crippen LogP contribution in [0.25, 0.3) is 0 Å². The van der Waals surface area contributed by atoms with Crippen LogP contribution < -0.4 is 5.32 Å². The molecule has 2 unspecified atom stereocenters. The monoisotopic (exact) mass is 1040 g/mol. The maximum absolute atomic E-state index is 12.5. The lowest BCUT2D eigenvalue weighted by Gasteiger charge is -2.22. The van der Waals surface area contributed by atoms with Crippen LogP contribution in [-0.2, 0) is 14.3 Å². The van der Waals surface area contributed by atoms with Crippen LogP contribution in [0.3, 0.4) is 0 Å². The van der Waals surface area contributed by atoms with Gasteiger partial charge in [0, 0.05) is 12.8 Å². The molecule has 0 saturated heterocycles. The summed E-state index contributed by atoms with van der Waals surface area (Å²) in [4.78, 5) is 24.5. The molecule has 0 aliphatic heterocycles. The summed E-state index contributed by atoms with van der Waals surface area (Å²) in [6, 6.07) is -0.539. The Bertz CT molecular complexity index is 1150. The number of nitrogens with one attached hydrogen (secondary N) is 1. The van der Waals surface area contributed by atoms with Crippen molar-refractivity contribution in [2.75, 3.05) is 13.2 Å². The third-order valence-electron chi connectivity index (χ3n) is 15.7. The van der Waals surface area contributed by atoms with Crippen LogP contribution >= 0.6 is 0 Å². The lowest BCUT2D eigenvalue weighted by molar-refractivity contribution is -0.143. The van der Waals surface area contributed by atoms with Gasteiger partial charge in [-0.1, -0.05) is 334 Å². The zero-order chi connectivity index (χ0) is 53.6. The molecule has 0 fully saturated rings. The number of allylic oxidation sites excluding steroid dienone is 4. The molecule has 0 saturated carbocycles. The van der Waals surface area contributed by atoms with E-state index in [-0.39, 0.29) is 18.5 Å². The lowest BCUT2D eigenvalue weighted by atomic mass is 10.0. The molecule has 6 heteroatoms. The zero-order valence-electron chi connectivity index (χ0n) is 50.1. The van der Waals surface area contributed by atoms with E-state index >= 15 is 0 Å². The van der Waals surface area contributed by atoms with E-state index in [1.165, 1.54) is 289 Å². The number of hydrogen-bond donors (Lipinski definition) is 3. The smallest absolute Gasteiger partial charge is 0.305 e. The Morgan fingerprint density at radius 3 is 1.08 bits per heavy atom. The summed E-state index contributed by atoms with van der Waals surface area (Å²) in [5.41, 5.74) is 0. The van der Waals surface area contributed by atoms with E-state index in [4.69, 9.17) is 4.74 Å². The van der Waals surface area contributed by atoms with Crippen molar-refractivity contribution in [3.63, 3.8) is 0 Å². The highest BCUT2D eigenvalue weighted by Crippen LogP contribution is 2.19. The molecular formula is C68H131NO5. The molecule has 2 atom stereocenters. The van der Waals surface area contributed by atoms with Gasteiger partial charge in [0.1, 0.15) is 0 Å². The number of rotatable bonds is 63. The van der Waals surface area contributed by atoms with Gasteiger partial charge in [-0.15, -0.1) is 0 Å². The predicted octanol–water partition coefficient (Wildman–Crippen LogP) is 21.4. The molecule has 438 valence electrons. The van der Waals surface area contributed by atoms with Crippen molar-refractivity contribution in [3.05, 3.63) is 24.3 Å². The van der Waals surface area contributed by atoms with E-state index in [0.29, 0.717) is 25.9 Å². The molecule has 0 spiro atoms. The number of unbranched alkanes of at least 4 members (excludes halogenated alkanes) is 48. The average Bonchev–Trinajstić information content (AvgIpc) is 3.40. The summed E-state index contributed by atoms with van der Waals surface area (Å²) in [6.07, 6.45) is 79.3. The quantitative estimate of drug-likeness (QED) is 0.0320. The molecule has 6 nitrogen and oxygen atoms in total. The Morgan fingerprint density at radius 1 is 0.378 bits per heavy atom. The number of carbonyl (C=O) groups is 2. The van der Waals surface area contributed by atoms with Crippen LogP contribution in [0.5, 0.6) is 0 Å². The van der Waals surface area contributed by atoms with Gasteiger partial charge in [0.2, 0.25) is 5.91 Å². The number of carbonyl (C=O) groups excluding carboxylic acids is 2. The third kappa shape index (κ3) is 59.6. The van der Waals surface area contributed by atoms with Gasteiger partial charge in [-0.05, 0) is 51.4 Å². The van der Waals surface area contributed by atoms with E-state index in [1.54, 1.807) is 0 Å². The van der Waals surface area contributed by atoms with Gasteiger partial charge < -0.3 is 20.3 Å². The Morgan fingerprint density at radius 2 is 0.703 bits per heavy atom. The molecular weight excluding hydrogens is 911 g/mol. The van der Waals surface area contributed by atoms with Crippen molar-refractivity contribution in [3.8, 4) is 0 Å². The molecule has 0 aromatic carbocycles. The lowest BCUT2D eigenvalue weighted by Crippen LogP contribution is -2.45. The van der Waals surface area contributed by atoms with Crippen LogP contribution in [0, 0.1) is 0 Å². The summed E-state index contributed by atoms with van der Waals surface area (Å²) in [5.74, 6) is -0.0259. The summed E-state index contributed by atoms with van der Waals surface area (Å²) in [6.45, 7) is 4.92. The number of aliphatic hydroxyl groups is 2. The molecule has 3 N–H and O–H groups in total. The fourth-order valence-electron chi connectivity index (χ4n) is 10.6. The van der Waals surface area contributed by atoms with Gasteiger partial charge in [0.05, 0.1) is 25.4 Å². The van der Waals surface area contributed by atoms with Crippen LogP contribution in [-0.4, -0.2) is 47.4 Å². The number of amides is 1. The minimum Gasteiger partial charge on any atom is -0.466 e. The first-order valence-electron chi connectivity index (χ1n) is 33.6. The minimum absolute atomic E-state index is 0.00318. The van der Waals surface area contributed by atoms with Gasteiger partial charge in [-0.3, -0.25) is 9.59 Å². The van der Waals surface area contributed by atoms with Gasteiger partial charge in [0.25, 0.3) is 0 Å². The number of ether oxygens (including phenoxy) is 1. The normalized spacial score (nSPS) is 12.6. The molecule has 74 heavy (non-hydrogen) atoms. The van der Waals surface area contributed by atoms with Crippen molar-refractivity contribution in [2.24, 2.45) is 0 Å². The van der Waals surface area contributed by atoms with Crippen LogP contribution in [0.1, 0.15) is 373 Å². The van der Waals surface area contributed by atoms with Crippen molar-refractivity contribution in [1.29, 1.82) is 0 Å². The second kappa shape index (κ2) is 63.9. The van der Waals surface area contributed by atoms with E-state index < -0.39 is 12.1 Å². The first-order valence-corrected chi connectivity index (χ1v) is 33.6. The van der Waals surface area contributed by atoms with Gasteiger partial charge in [-0.25, -0.2) is 0 Å². The molecule has 1 amide bonds. The van der Waals surface area contributed by atoms with Crippen LogP contribution in [0.4, 0.5) is 0 Å². The molecule has 0 aliphatic carbocycles. The summed E-state index contributed by atoms with van der Waals surface area (Å²) >= 11 is 0. The van der Waals surface area contributed by atoms with Crippen molar-refractivity contribution >= 4 is 11.9 Å². The number of esters is 1. The van der Waals surface area contributed by atoms with E-state index in [0.717, 1.165) is 51.4 Å². The average molecular weight is 1040 g/mol. The Hall–Kier alpha value is -1.66. The highest BCUT2D eigenvalue weighted by Gasteiger charge is 2.20. The van der Waals surface area contributed by atoms with Crippen LogP contribution in [0.2, 0.25) is 0 Å². The molecule has 0 aromatic rings. The second-order valence-electron chi connectivity index (χ2n) is 23.2. The topological polar surface area (TPSA) is 95.9 Å². The second-order valence-corrected chi connectivity index (χ2v) is 23.2. The largest absolute Gasteiger partial charge is 0.466 e. The number of hydrogen-bond acceptors (Lipinski definition) is 5. The summed E-state index contributed by atoms with van der Waals surface area (Å²) < 4.78 is 5.47. The first-order chi connectivity index (χ1) is 36.5. The molecule has 0 bridgehead atoms. The van der Waals surface area contributed by atoms with Crippen LogP contribution in [0.15, 0.2) is 24.3 Å². The molecule has 0 heterocycles. The fourth-order valence-corrected chi connectivity index (χ4v) is 10.6. The summed E-state index contributed by atoms with van der Waals surface area (Å²) in [5, 5.41) is 23.4. The zero-order valence-corrected chi connectivity index (χ0v) is 50.1. The predicted molar refractivity (Wildman–Crippen MR) is 324 cm³/mol. The Labute approximate surface area is 462 Å². The molecule has 0 rings (SSSR count). The molecule has 0 radical (unpaired) electrons. The van der Waals surface area contributed by atoms with Crippen molar-refractivity contribution in [1.82, 2.24) is 5.32 Å². The van der Waals surface area contributed by atoms with Crippen molar-refractivity contribution in [2.45, 2.75) is 386 Å². The third-order valence-corrected chi connectivity index (χ3v) is 15.7. The summed E-state index contributed by atoms with van der Waals surface area (Å²) in [7, 11) is 0. The molecule has 0 aromatic heterocycles. The molecule has 0 aliphatic rings. The SMILES string of the molecule is CCC/C=C\C/C=C\CCCCCCCC(=O)OCCCCCCCCCCCCCCCCCCCCCCCCCCCCCC(=O)NC(CO)C(O)CCCCCCCCCCCCCCCCCCC. The standard InChI is InChI=1S/C68H131NO5/c1-3-5-7-9-11-13-15-17-18-30-33-37-40-44-48-52-56-60-66(71)65(64-70)69-67(72)61-57-53-49-45-41-38-34-31-28-26-24-22-20-19-21-23-25-27-29-32-35-39-43-47-51-55-59-63-74-68(73)62-58-54-50-46-42-36-16-14-12-10-8-6-4-2/h8,10,14,16,65-66,70-71H,3-7,9,11-13,15,17-64H2,1-2H3,(H,69,72)/b10-8-,16-14-. The number of aliphatic hydroxyl groups excluding tert-OH is 2. The maximum Gasteiger partial charge on any atom is 0.305 e. The highest BCUT2D eigenvalue weighted by atomic mass is 16.5.